The van der Waals surface area contributed by atoms with E-state index in [-0.39, 0.29) is 5.91 Å². The number of aryl methyl sites for hydroxylation is 1. The molecule has 0 saturated heterocycles. The first-order valence-electron chi connectivity index (χ1n) is 6.69. The van der Waals surface area contributed by atoms with E-state index in [2.05, 4.69) is 33.6 Å². The van der Waals surface area contributed by atoms with Crippen LogP contribution >= 0.6 is 11.3 Å². The van der Waals surface area contributed by atoms with E-state index in [0.29, 0.717) is 19.0 Å². The zero-order valence-corrected chi connectivity index (χ0v) is 12.6. The average Bonchev–Trinajstić information content (AvgIpc) is 3.02. The van der Waals surface area contributed by atoms with Gasteiger partial charge in [0.2, 0.25) is 0 Å². The topological polar surface area (TPSA) is 63.9 Å². The Morgan fingerprint density at radius 3 is 2.80 bits per heavy atom. The Kier molecular flexibility index (Phi) is 3.29. The minimum Gasteiger partial charge on any atom is -0.329 e. The standard InChI is InChI=1S/C13H17N5OS/c1-8(2)12-16-15-10-6-17(4-5-18(10)12)13(19)11-9(3)14-7-20-11/h7-8H,4-6H2,1-3H3. The minimum absolute atomic E-state index is 0.0466. The third-order valence-corrected chi connectivity index (χ3v) is 4.44. The number of nitrogens with zero attached hydrogens (tertiary/aromatic N) is 5. The molecular weight excluding hydrogens is 274 g/mol. The molecular formula is C13H17N5OS. The molecule has 106 valence electrons. The highest BCUT2D eigenvalue weighted by Crippen LogP contribution is 2.21. The van der Waals surface area contributed by atoms with E-state index in [1.165, 1.54) is 11.3 Å². The van der Waals surface area contributed by atoms with Gasteiger partial charge in [0.05, 0.1) is 17.7 Å². The van der Waals surface area contributed by atoms with Gasteiger partial charge in [-0.05, 0) is 6.92 Å². The minimum atomic E-state index is 0.0466. The summed E-state index contributed by atoms with van der Waals surface area (Å²) in [6, 6.07) is 0. The summed E-state index contributed by atoms with van der Waals surface area (Å²) in [7, 11) is 0. The number of hydrogen-bond acceptors (Lipinski definition) is 5. The summed E-state index contributed by atoms with van der Waals surface area (Å²) in [6.07, 6.45) is 0. The highest BCUT2D eigenvalue weighted by Gasteiger charge is 2.27. The van der Waals surface area contributed by atoms with E-state index in [4.69, 9.17) is 0 Å². The monoisotopic (exact) mass is 291 g/mol. The summed E-state index contributed by atoms with van der Waals surface area (Å²) in [4.78, 5) is 19.2. The zero-order chi connectivity index (χ0) is 14.3. The van der Waals surface area contributed by atoms with Gasteiger partial charge >= 0.3 is 0 Å². The van der Waals surface area contributed by atoms with Crippen LogP contribution in [0.3, 0.4) is 0 Å². The zero-order valence-electron chi connectivity index (χ0n) is 11.8. The largest absolute Gasteiger partial charge is 0.329 e. The predicted molar refractivity (Wildman–Crippen MR) is 75.7 cm³/mol. The number of aromatic nitrogens is 4. The van der Waals surface area contributed by atoms with Gasteiger partial charge < -0.3 is 9.47 Å². The maximum atomic E-state index is 12.5. The van der Waals surface area contributed by atoms with Crippen LogP contribution in [0.2, 0.25) is 0 Å². The molecule has 0 N–H and O–H groups in total. The Labute approximate surface area is 121 Å². The van der Waals surface area contributed by atoms with Crippen LogP contribution in [0.4, 0.5) is 0 Å². The highest BCUT2D eigenvalue weighted by atomic mass is 32.1. The normalized spacial score (nSPS) is 14.7. The van der Waals surface area contributed by atoms with Gasteiger partial charge in [-0.2, -0.15) is 0 Å². The molecule has 6 nitrogen and oxygen atoms in total. The van der Waals surface area contributed by atoms with Gasteiger partial charge in [0.1, 0.15) is 10.7 Å². The van der Waals surface area contributed by atoms with Gasteiger partial charge in [0, 0.05) is 19.0 Å². The van der Waals surface area contributed by atoms with Gasteiger partial charge in [-0.1, -0.05) is 13.8 Å². The van der Waals surface area contributed by atoms with Crippen molar-refractivity contribution in [2.75, 3.05) is 6.54 Å². The van der Waals surface area contributed by atoms with Crippen molar-refractivity contribution in [3.8, 4) is 0 Å². The molecule has 0 bridgehead atoms. The van der Waals surface area contributed by atoms with Gasteiger partial charge in [-0.15, -0.1) is 21.5 Å². The molecule has 20 heavy (non-hydrogen) atoms. The van der Waals surface area contributed by atoms with Crippen molar-refractivity contribution in [2.45, 2.75) is 39.8 Å². The summed E-state index contributed by atoms with van der Waals surface area (Å²) >= 11 is 1.40. The van der Waals surface area contributed by atoms with Crippen LogP contribution in [-0.2, 0) is 13.1 Å². The number of carbonyl (C=O) groups excluding carboxylic acids is 1. The lowest BCUT2D eigenvalue weighted by Gasteiger charge is -2.28. The second-order valence-electron chi connectivity index (χ2n) is 5.27. The van der Waals surface area contributed by atoms with Crippen molar-refractivity contribution in [3.63, 3.8) is 0 Å². The molecule has 1 amide bonds. The number of fused-ring (bicyclic) bond motifs is 1. The molecule has 1 aliphatic rings. The van der Waals surface area contributed by atoms with Gasteiger partial charge in [0.25, 0.3) is 5.91 Å². The average molecular weight is 291 g/mol. The molecule has 2 aromatic heterocycles. The van der Waals surface area contributed by atoms with Crippen molar-refractivity contribution < 1.29 is 4.79 Å². The number of rotatable bonds is 2. The maximum Gasteiger partial charge on any atom is 0.266 e. The molecule has 0 aromatic carbocycles. The van der Waals surface area contributed by atoms with Crippen molar-refractivity contribution in [1.29, 1.82) is 0 Å². The lowest BCUT2D eigenvalue weighted by Crippen LogP contribution is -2.38. The Morgan fingerprint density at radius 2 is 2.15 bits per heavy atom. The fourth-order valence-electron chi connectivity index (χ4n) is 2.43. The summed E-state index contributed by atoms with van der Waals surface area (Å²) in [5.41, 5.74) is 2.52. The van der Waals surface area contributed by atoms with Crippen molar-refractivity contribution in [1.82, 2.24) is 24.6 Å². The molecule has 7 heteroatoms. The van der Waals surface area contributed by atoms with E-state index >= 15 is 0 Å². The second-order valence-corrected chi connectivity index (χ2v) is 6.13. The van der Waals surface area contributed by atoms with Gasteiger partial charge in [0.15, 0.2) is 5.82 Å². The van der Waals surface area contributed by atoms with Crippen LogP contribution in [0.5, 0.6) is 0 Å². The van der Waals surface area contributed by atoms with Crippen LogP contribution in [0, 0.1) is 6.92 Å². The number of hydrogen-bond donors (Lipinski definition) is 0. The van der Waals surface area contributed by atoms with Crippen LogP contribution in [0.15, 0.2) is 5.51 Å². The van der Waals surface area contributed by atoms with E-state index in [1.807, 2.05) is 11.8 Å². The molecule has 3 rings (SSSR count). The summed E-state index contributed by atoms with van der Waals surface area (Å²) in [5.74, 6) is 2.27. The Morgan fingerprint density at radius 1 is 1.35 bits per heavy atom. The maximum absolute atomic E-state index is 12.5. The second kappa shape index (κ2) is 4.97. The van der Waals surface area contributed by atoms with Crippen LogP contribution in [0.25, 0.3) is 0 Å². The Balaban J connectivity index is 1.83. The number of amides is 1. The first-order chi connectivity index (χ1) is 9.58. The van der Waals surface area contributed by atoms with Crippen molar-refractivity contribution in [2.24, 2.45) is 0 Å². The van der Waals surface area contributed by atoms with Gasteiger partial charge in [-0.3, -0.25) is 4.79 Å². The van der Waals surface area contributed by atoms with E-state index in [9.17, 15) is 4.79 Å². The first kappa shape index (κ1) is 13.2. The third kappa shape index (κ3) is 2.11. The third-order valence-electron chi connectivity index (χ3n) is 3.53. The smallest absolute Gasteiger partial charge is 0.266 e. The van der Waals surface area contributed by atoms with Crippen LogP contribution in [-0.4, -0.2) is 37.1 Å². The van der Waals surface area contributed by atoms with E-state index in [1.54, 1.807) is 5.51 Å². The molecule has 2 aromatic rings. The molecule has 0 radical (unpaired) electrons. The quantitative estimate of drug-likeness (QED) is 0.846. The molecule has 0 saturated carbocycles. The summed E-state index contributed by atoms with van der Waals surface area (Å²) < 4.78 is 2.13. The molecule has 0 unspecified atom stereocenters. The number of carbonyl (C=O) groups is 1. The Bertz CT molecular complexity index is 645. The Hall–Kier alpha value is -1.76. The highest BCUT2D eigenvalue weighted by molar-refractivity contribution is 7.11. The molecule has 0 spiro atoms. The molecule has 0 aliphatic carbocycles. The van der Waals surface area contributed by atoms with Crippen molar-refractivity contribution >= 4 is 17.2 Å². The molecule has 1 aliphatic heterocycles. The van der Waals surface area contributed by atoms with E-state index < -0.39 is 0 Å². The van der Waals surface area contributed by atoms with Gasteiger partial charge in [-0.25, -0.2) is 4.98 Å². The fourth-order valence-corrected chi connectivity index (χ4v) is 3.20. The van der Waals surface area contributed by atoms with Crippen LogP contribution < -0.4 is 0 Å². The van der Waals surface area contributed by atoms with E-state index in [0.717, 1.165) is 28.8 Å². The van der Waals surface area contributed by atoms with Crippen LogP contribution in [0.1, 0.15) is 46.8 Å². The summed E-state index contributed by atoms with van der Waals surface area (Å²) in [5, 5.41) is 8.46. The fraction of sp³-hybridized carbons (Fsp3) is 0.538. The van der Waals surface area contributed by atoms with Crippen molar-refractivity contribution in [3.05, 3.63) is 27.7 Å². The molecule has 3 heterocycles. The summed E-state index contributed by atoms with van der Waals surface area (Å²) in [6.45, 7) is 8.06. The predicted octanol–water partition coefficient (Wildman–Crippen LogP) is 1.82. The first-order valence-corrected chi connectivity index (χ1v) is 7.57. The lowest BCUT2D eigenvalue weighted by molar-refractivity contribution is 0.0710. The molecule has 0 fully saturated rings. The molecule has 0 atom stereocenters. The lowest BCUT2D eigenvalue weighted by atomic mass is 10.2. The SMILES string of the molecule is Cc1ncsc1C(=O)N1CCn2c(nnc2C(C)C)C1. The number of thiazole rings is 1.